The molecule has 16 heavy (non-hydrogen) atoms. The minimum Gasteiger partial charge on any atom is -0.496 e. The molecule has 0 radical (unpaired) electrons. The summed E-state index contributed by atoms with van der Waals surface area (Å²) < 4.78 is 16.6. The van der Waals surface area contributed by atoms with E-state index in [9.17, 15) is 0 Å². The van der Waals surface area contributed by atoms with Gasteiger partial charge in [-0.1, -0.05) is 12.1 Å². The highest BCUT2D eigenvalue weighted by molar-refractivity contribution is 5.36. The van der Waals surface area contributed by atoms with E-state index in [1.165, 1.54) is 0 Å². The van der Waals surface area contributed by atoms with Crippen molar-refractivity contribution in [3.05, 3.63) is 29.8 Å². The molecule has 1 fully saturated rings. The first-order valence-electron chi connectivity index (χ1n) is 5.26. The molecular formula is C12H16O4. The van der Waals surface area contributed by atoms with Gasteiger partial charge in [0.25, 0.3) is 0 Å². The van der Waals surface area contributed by atoms with Gasteiger partial charge in [0.15, 0.2) is 5.79 Å². The molecule has 2 unspecified atom stereocenters. The van der Waals surface area contributed by atoms with Crippen molar-refractivity contribution in [3.63, 3.8) is 0 Å². The maximum Gasteiger partial charge on any atom is 0.196 e. The fraction of sp³-hybridized carbons (Fsp3) is 0.500. The first-order valence-corrected chi connectivity index (χ1v) is 5.26. The molecule has 0 spiro atoms. The van der Waals surface area contributed by atoms with E-state index in [0.29, 0.717) is 6.61 Å². The van der Waals surface area contributed by atoms with Gasteiger partial charge in [0.05, 0.1) is 25.9 Å². The van der Waals surface area contributed by atoms with E-state index >= 15 is 0 Å². The van der Waals surface area contributed by atoms with E-state index < -0.39 is 5.79 Å². The zero-order valence-corrected chi connectivity index (χ0v) is 9.47. The third-order valence-corrected chi connectivity index (χ3v) is 2.74. The largest absolute Gasteiger partial charge is 0.496 e. The molecule has 88 valence electrons. The molecule has 1 aromatic carbocycles. The second-order valence-corrected chi connectivity index (χ2v) is 3.88. The number of ether oxygens (including phenoxy) is 3. The average Bonchev–Trinajstić information content (AvgIpc) is 2.72. The van der Waals surface area contributed by atoms with Crippen LogP contribution in [0.15, 0.2) is 24.3 Å². The molecular weight excluding hydrogens is 208 g/mol. The smallest absolute Gasteiger partial charge is 0.196 e. The van der Waals surface area contributed by atoms with E-state index in [1.807, 2.05) is 31.2 Å². The lowest BCUT2D eigenvalue weighted by Gasteiger charge is -2.25. The van der Waals surface area contributed by atoms with Crippen LogP contribution in [0.5, 0.6) is 5.75 Å². The molecule has 0 bridgehead atoms. The first kappa shape index (κ1) is 11.4. The summed E-state index contributed by atoms with van der Waals surface area (Å²) in [5.41, 5.74) is 0.841. The molecule has 0 saturated carbocycles. The summed E-state index contributed by atoms with van der Waals surface area (Å²) in [4.78, 5) is 0. The summed E-state index contributed by atoms with van der Waals surface area (Å²) in [5, 5.41) is 9.04. The van der Waals surface area contributed by atoms with Crippen LogP contribution in [0.2, 0.25) is 0 Å². The van der Waals surface area contributed by atoms with Crippen molar-refractivity contribution >= 4 is 0 Å². The Morgan fingerprint density at radius 2 is 2.25 bits per heavy atom. The van der Waals surface area contributed by atoms with E-state index in [1.54, 1.807) is 7.11 Å². The van der Waals surface area contributed by atoms with Gasteiger partial charge in [0, 0.05) is 0 Å². The van der Waals surface area contributed by atoms with Crippen molar-refractivity contribution < 1.29 is 19.3 Å². The maximum atomic E-state index is 9.04. The first-order chi connectivity index (χ1) is 7.69. The fourth-order valence-corrected chi connectivity index (χ4v) is 1.89. The van der Waals surface area contributed by atoms with Gasteiger partial charge < -0.3 is 19.3 Å². The lowest BCUT2D eigenvalue weighted by molar-refractivity contribution is -0.166. The Labute approximate surface area is 94.8 Å². The Kier molecular flexibility index (Phi) is 3.14. The minimum absolute atomic E-state index is 0.0370. The molecule has 0 aromatic heterocycles. The van der Waals surface area contributed by atoms with Gasteiger partial charge in [0.2, 0.25) is 0 Å². The van der Waals surface area contributed by atoms with Crippen LogP contribution >= 0.6 is 0 Å². The Hall–Kier alpha value is -1.10. The standard InChI is InChI=1S/C12H16O4/c1-12(15-8-9(7-13)16-12)10-5-3-4-6-11(10)14-2/h3-6,9,13H,7-8H2,1-2H3. The van der Waals surface area contributed by atoms with Crippen LogP contribution < -0.4 is 4.74 Å². The monoisotopic (exact) mass is 224 g/mol. The molecule has 1 aromatic rings. The van der Waals surface area contributed by atoms with Crippen molar-refractivity contribution in [2.45, 2.75) is 18.8 Å². The Morgan fingerprint density at radius 3 is 2.88 bits per heavy atom. The number of benzene rings is 1. The summed E-state index contributed by atoms with van der Waals surface area (Å²) in [7, 11) is 1.61. The van der Waals surface area contributed by atoms with Crippen molar-refractivity contribution in [1.29, 1.82) is 0 Å². The summed E-state index contributed by atoms with van der Waals surface area (Å²) in [5.74, 6) is -0.108. The molecule has 1 aliphatic heterocycles. The Bertz CT molecular complexity index is 366. The van der Waals surface area contributed by atoms with Crippen molar-refractivity contribution in [3.8, 4) is 5.75 Å². The predicted octanol–water partition coefficient (Wildman–Crippen LogP) is 1.28. The second kappa shape index (κ2) is 4.41. The van der Waals surface area contributed by atoms with Gasteiger partial charge in [-0.25, -0.2) is 0 Å². The second-order valence-electron chi connectivity index (χ2n) is 3.88. The normalized spacial score (nSPS) is 29.3. The molecule has 1 saturated heterocycles. The van der Waals surface area contributed by atoms with Gasteiger partial charge in [-0.05, 0) is 19.1 Å². The summed E-state index contributed by atoms with van der Waals surface area (Å²) in [6.45, 7) is 2.19. The zero-order valence-electron chi connectivity index (χ0n) is 9.47. The van der Waals surface area contributed by atoms with E-state index in [-0.39, 0.29) is 12.7 Å². The number of aliphatic hydroxyl groups is 1. The van der Waals surface area contributed by atoms with Crippen molar-refractivity contribution in [2.75, 3.05) is 20.3 Å². The molecule has 4 heteroatoms. The number of methoxy groups -OCH3 is 1. The molecule has 1 N–H and O–H groups in total. The summed E-state index contributed by atoms with van der Waals surface area (Å²) in [6, 6.07) is 7.56. The van der Waals surface area contributed by atoms with Crippen LogP contribution in [0.25, 0.3) is 0 Å². The lowest BCUT2D eigenvalue weighted by atomic mass is 10.1. The van der Waals surface area contributed by atoms with Crippen molar-refractivity contribution in [1.82, 2.24) is 0 Å². The van der Waals surface area contributed by atoms with Crippen LogP contribution in [0.4, 0.5) is 0 Å². The van der Waals surface area contributed by atoms with Crippen LogP contribution in [0, 0.1) is 0 Å². The van der Waals surface area contributed by atoms with Crippen LogP contribution in [-0.2, 0) is 15.3 Å². The lowest BCUT2D eigenvalue weighted by Crippen LogP contribution is -2.25. The van der Waals surface area contributed by atoms with Gasteiger partial charge in [-0.15, -0.1) is 0 Å². The average molecular weight is 224 g/mol. The number of aliphatic hydroxyl groups excluding tert-OH is 1. The topological polar surface area (TPSA) is 47.9 Å². The highest BCUT2D eigenvalue weighted by Crippen LogP contribution is 2.38. The molecule has 0 aliphatic carbocycles. The van der Waals surface area contributed by atoms with Crippen LogP contribution in [0.3, 0.4) is 0 Å². The van der Waals surface area contributed by atoms with Crippen LogP contribution in [0.1, 0.15) is 12.5 Å². The highest BCUT2D eigenvalue weighted by Gasteiger charge is 2.40. The Balaban J connectivity index is 2.29. The van der Waals surface area contributed by atoms with Crippen molar-refractivity contribution in [2.24, 2.45) is 0 Å². The third kappa shape index (κ3) is 1.91. The third-order valence-electron chi connectivity index (χ3n) is 2.74. The van der Waals surface area contributed by atoms with E-state index in [0.717, 1.165) is 11.3 Å². The van der Waals surface area contributed by atoms with Gasteiger partial charge in [-0.3, -0.25) is 0 Å². The molecule has 2 rings (SSSR count). The molecule has 2 atom stereocenters. The molecule has 1 aliphatic rings. The number of hydrogen-bond donors (Lipinski definition) is 1. The molecule has 0 amide bonds. The number of rotatable bonds is 3. The van der Waals surface area contributed by atoms with E-state index in [2.05, 4.69) is 0 Å². The maximum absolute atomic E-state index is 9.04. The molecule has 4 nitrogen and oxygen atoms in total. The predicted molar refractivity (Wildman–Crippen MR) is 58.3 cm³/mol. The summed E-state index contributed by atoms with van der Waals surface area (Å²) >= 11 is 0. The van der Waals surface area contributed by atoms with Gasteiger partial charge >= 0.3 is 0 Å². The van der Waals surface area contributed by atoms with Crippen LogP contribution in [-0.4, -0.2) is 31.5 Å². The highest BCUT2D eigenvalue weighted by atomic mass is 16.7. The summed E-state index contributed by atoms with van der Waals surface area (Å²) in [6.07, 6.45) is -0.269. The fourth-order valence-electron chi connectivity index (χ4n) is 1.89. The number of hydrogen-bond acceptors (Lipinski definition) is 4. The Morgan fingerprint density at radius 1 is 1.50 bits per heavy atom. The zero-order chi connectivity index (χ0) is 11.6. The quantitative estimate of drug-likeness (QED) is 0.840. The van der Waals surface area contributed by atoms with Gasteiger partial charge in [-0.2, -0.15) is 0 Å². The minimum atomic E-state index is -0.833. The van der Waals surface area contributed by atoms with E-state index in [4.69, 9.17) is 19.3 Å². The number of para-hydroxylation sites is 1. The SMILES string of the molecule is COc1ccccc1C1(C)OCC(CO)O1. The molecule has 1 heterocycles. The van der Waals surface area contributed by atoms with Gasteiger partial charge in [0.1, 0.15) is 11.9 Å².